The number of likely N-dealkylation sites (N-methyl/N-ethyl adjacent to an activating group) is 1. The number of anilines is 2. The van der Waals surface area contributed by atoms with Crippen LogP contribution in [0, 0.1) is 0 Å². The third-order valence-corrected chi connectivity index (χ3v) is 9.09. The van der Waals surface area contributed by atoms with Crippen LogP contribution in [0.15, 0.2) is 65.1 Å². The SMILES string of the molecule is CNC(=O)C1=C(Nc2nc(NC3(P(=O)(O)O)CC=C(C)C=C3OC)ncc2C(F)(F)F)C=C(C)C[N+]1(CCCO)c1cn[nH]c1. The second-order valence-electron chi connectivity index (χ2n) is 10.7. The lowest BCUT2D eigenvalue weighted by Gasteiger charge is -2.40. The number of aromatic nitrogens is 4. The van der Waals surface area contributed by atoms with E-state index in [9.17, 15) is 37.4 Å². The minimum atomic E-state index is -5.10. The van der Waals surface area contributed by atoms with Crippen LogP contribution in [0.25, 0.3) is 0 Å². The Hall–Kier alpha value is -4.02. The summed E-state index contributed by atoms with van der Waals surface area (Å²) >= 11 is 0. The minimum absolute atomic E-state index is 0.0224. The van der Waals surface area contributed by atoms with E-state index in [2.05, 4.69) is 36.1 Å². The van der Waals surface area contributed by atoms with E-state index in [1.807, 2.05) is 0 Å². The van der Waals surface area contributed by atoms with E-state index in [1.165, 1.54) is 38.6 Å². The van der Waals surface area contributed by atoms with Crippen LogP contribution in [-0.2, 0) is 20.3 Å². The fourth-order valence-electron chi connectivity index (χ4n) is 5.51. The standard InChI is InChI=1S/C27H34F3N8O6P/c1-16-6-7-26(45(41,42)43,21(11-16)44-4)37-25-32-14-19(27(28,29)30)23(36-25)35-20-10-17(2)15-38(8-5-9-39,18-12-33-34-13-18)22(20)24(40)31-3/h6,10-14,39H,5,7-9,15H2,1-4H3,(H5-,31,32,33,34,35,36,37,40,41,42,43)/p+1. The first-order valence-corrected chi connectivity index (χ1v) is 15.3. The fraction of sp³-hybridized carbons (Fsp3) is 0.407. The average molecular weight is 656 g/mol. The van der Waals surface area contributed by atoms with Crippen molar-refractivity contribution in [3.8, 4) is 0 Å². The molecule has 4 rings (SSSR count). The maximum Gasteiger partial charge on any atom is 0.421 e. The number of carbonyl (C=O) groups excluding carboxylic acids is 1. The van der Waals surface area contributed by atoms with E-state index in [4.69, 9.17) is 4.74 Å². The van der Waals surface area contributed by atoms with Crippen molar-refractivity contribution in [3.63, 3.8) is 0 Å². The highest BCUT2D eigenvalue weighted by Crippen LogP contribution is 2.58. The molecule has 244 valence electrons. The molecule has 2 aromatic heterocycles. The summed E-state index contributed by atoms with van der Waals surface area (Å²) in [5.41, 5.74) is 0.580. The van der Waals surface area contributed by atoms with Gasteiger partial charge in [0, 0.05) is 32.7 Å². The number of carbonyl (C=O) groups is 1. The van der Waals surface area contributed by atoms with Crippen molar-refractivity contribution in [3.05, 3.63) is 70.7 Å². The quantitative estimate of drug-likeness (QED) is 0.139. The molecular formula is C27H35F3N8O6P+. The Labute approximate surface area is 256 Å². The summed E-state index contributed by atoms with van der Waals surface area (Å²) in [4.78, 5) is 42.0. The minimum Gasteiger partial charge on any atom is -0.498 e. The lowest BCUT2D eigenvalue weighted by molar-refractivity contribution is -0.137. The number of nitrogens with one attached hydrogen (secondary N) is 4. The van der Waals surface area contributed by atoms with E-state index >= 15 is 0 Å². The molecular weight excluding hydrogens is 620 g/mol. The summed E-state index contributed by atoms with van der Waals surface area (Å²) in [6.07, 6.45) is 3.00. The molecule has 0 saturated heterocycles. The van der Waals surface area contributed by atoms with Crippen molar-refractivity contribution in [1.82, 2.24) is 30.0 Å². The first-order chi connectivity index (χ1) is 21.1. The molecule has 14 nitrogen and oxygen atoms in total. The third-order valence-electron chi connectivity index (χ3n) is 7.58. The smallest absolute Gasteiger partial charge is 0.421 e. The lowest BCUT2D eigenvalue weighted by atomic mass is 10.0. The third kappa shape index (κ3) is 6.53. The molecule has 1 aliphatic carbocycles. The molecule has 0 bridgehead atoms. The van der Waals surface area contributed by atoms with Crippen LogP contribution in [-0.4, -0.2) is 80.1 Å². The number of aliphatic hydroxyl groups is 1. The number of hydrogen-bond acceptors (Lipinski definition) is 9. The van der Waals surface area contributed by atoms with Gasteiger partial charge < -0.3 is 35.6 Å². The number of nitrogens with zero attached hydrogens (tertiary/aromatic N) is 4. The summed E-state index contributed by atoms with van der Waals surface area (Å²) in [5.74, 6) is -2.09. The van der Waals surface area contributed by atoms with E-state index in [1.54, 1.807) is 20.0 Å². The number of amides is 1. The van der Waals surface area contributed by atoms with Gasteiger partial charge in [-0.3, -0.25) is 14.5 Å². The van der Waals surface area contributed by atoms with Crippen LogP contribution < -0.4 is 20.4 Å². The molecule has 1 amide bonds. The van der Waals surface area contributed by atoms with Crippen molar-refractivity contribution < 1.29 is 42.2 Å². The van der Waals surface area contributed by atoms with Gasteiger partial charge in [-0.05, 0) is 31.6 Å². The molecule has 2 unspecified atom stereocenters. The van der Waals surface area contributed by atoms with Gasteiger partial charge in [0.05, 0.1) is 19.9 Å². The highest BCUT2D eigenvalue weighted by atomic mass is 31.2. The average Bonchev–Trinajstić information content (AvgIpc) is 3.51. The summed E-state index contributed by atoms with van der Waals surface area (Å²) in [5, 5.41) is 22.0. The highest BCUT2D eigenvalue weighted by Gasteiger charge is 2.53. The Morgan fingerprint density at radius 3 is 2.56 bits per heavy atom. The predicted octanol–water partition coefficient (Wildman–Crippen LogP) is 3.10. The Kier molecular flexibility index (Phi) is 9.61. The van der Waals surface area contributed by atoms with Crippen LogP contribution in [0.4, 0.5) is 30.6 Å². The molecule has 1 aliphatic heterocycles. The van der Waals surface area contributed by atoms with Gasteiger partial charge in [-0.15, -0.1) is 0 Å². The van der Waals surface area contributed by atoms with E-state index in [0.29, 0.717) is 23.0 Å². The zero-order chi connectivity index (χ0) is 33.2. The van der Waals surface area contributed by atoms with Gasteiger partial charge in [-0.25, -0.2) is 9.47 Å². The van der Waals surface area contributed by atoms with Crippen molar-refractivity contribution in [2.24, 2.45) is 0 Å². The van der Waals surface area contributed by atoms with E-state index in [0.717, 1.165) is 0 Å². The van der Waals surface area contributed by atoms with E-state index < -0.39 is 42.3 Å². The van der Waals surface area contributed by atoms with Gasteiger partial charge in [-0.2, -0.15) is 23.3 Å². The Balaban J connectivity index is 1.92. The Bertz CT molecular complexity index is 1620. The number of aromatic amines is 1. The molecule has 2 aromatic rings. The molecule has 0 aromatic carbocycles. The van der Waals surface area contributed by atoms with Gasteiger partial charge >= 0.3 is 19.7 Å². The van der Waals surface area contributed by atoms with Gasteiger partial charge in [-0.1, -0.05) is 11.6 Å². The summed E-state index contributed by atoms with van der Waals surface area (Å²) in [7, 11) is -2.51. The van der Waals surface area contributed by atoms with Crippen molar-refractivity contribution in [2.45, 2.75) is 38.1 Å². The van der Waals surface area contributed by atoms with Crippen LogP contribution >= 0.6 is 7.60 Å². The Morgan fingerprint density at radius 2 is 1.98 bits per heavy atom. The molecule has 45 heavy (non-hydrogen) atoms. The van der Waals surface area contributed by atoms with Crippen LogP contribution in [0.5, 0.6) is 0 Å². The maximum absolute atomic E-state index is 14.3. The van der Waals surface area contributed by atoms with Gasteiger partial charge in [0.2, 0.25) is 16.9 Å². The molecule has 0 saturated carbocycles. The summed E-state index contributed by atoms with van der Waals surface area (Å²) < 4.78 is 60.8. The van der Waals surface area contributed by atoms with Crippen molar-refractivity contribution in [1.29, 1.82) is 0 Å². The highest BCUT2D eigenvalue weighted by molar-refractivity contribution is 7.54. The number of H-pyrrole nitrogens is 1. The fourth-order valence-corrected chi connectivity index (χ4v) is 6.53. The number of halogens is 3. The molecule has 18 heteroatoms. The molecule has 2 aliphatic rings. The zero-order valence-corrected chi connectivity index (χ0v) is 25.8. The number of methoxy groups -OCH3 is 1. The lowest BCUT2D eigenvalue weighted by Crippen LogP contribution is -2.56. The number of allylic oxidation sites excluding steroid dienone is 3. The van der Waals surface area contributed by atoms with Crippen LogP contribution in [0.1, 0.15) is 32.3 Å². The Morgan fingerprint density at radius 1 is 1.24 bits per heavy atom. The maximum atomic E-state index is 14.3. The van der Waals surface area contributed by atoms with Crippen LogP contribution in [0.3, 0.4) is 0 Å². The normalized spacial score (nSPS) is 22.3. The summed E-state index contributed by atoms with van der Waals surface area (Å²) in [6, 6.07) is 0. The second kappa shape index (κ2) is 12.8. The van der Waals surface area contributed by atoms with Gasteiger partial charge in [0.25, 0.3) is 0 Å². The molecule has 0 fully saturated rings. The molecule has 0 radical (unpaired) electrons. The van der Waals surface area contributed by atoms with Gasteiger partial charge in [0.15, 0.2) is 5.69 Å². The number of hydrogen-bond donors (Lipinski definition) is 7. The molecule has 3 heterocycles. The topological polar surface area (TPSA) is 195 Å². The summed E-state index contributed by atoms with van der Waals surface area (Å²) in [6.45, 7) is 3.67. The first kappa shape index (κ1) is 33.9. The second-order valence-corrected chi connectivity index (χ2v) is 12.5. The molecule has 2 atom stereocenters. The molecule has 7 N–H and O–H groups in total. The molecule has 0 spiro atoms. The number of aliphatic hydroxyl groups excluding tert-OH is 1. The number of ether oxygens (including phenoxy) is 1. The largest absolute Gasteiger partial charge is 0.498 e. The first-order valence-electron chi connectivity index (χ1n) is 13.7. The van der Waals surface area contributed by atoms with Crippen LogP contribution in [0.2, 0.25) is 0 Å². The van der Waals surface area contributed by atoms with E-state index in [-0.39, 0.29) is 54.2 Å². The number of alkyl halides is 3. The van der Waals surface area contributed by atoms with Crippen molar-refractivity contribution in [2.75, 3.05) is 44.5 Å². The zero-order valence-electron chi connectivity index (χ0n) is 24.9. The predicted molar refractivity (Wildman–Crippen MR) is 159 cm³/mol. The van der Waals surface area contributed by atoms with Crippen molar-refractivity contribution >= 4 is 31.0 Å². The number of quaternary nitrogens is 1. The monoisotopic (exact) mass is 655 g/mol. The number of rotatable bonds is 11. The van der Waals surface area contributed by atoms with Gasteiger partial charge in [0.1, 0.15) is 35.6 Å².